The Balaban J connectivity index is 2.42. The van der Waals surface area contributed by atoms with Gasteiger partial charge in [0, 0.05) is 44.3 Å². The van der Waals surface area contributed by atoms with Gasteiger partial charge in [0.2, 0.25) is 11.2 Å². The van der Waals surface area contributed by atoms with Crippen LogP contribution in [-0.4, -0.2) is 34.6 Å². The fourth-order valence-electron chi connectivity index (χ4n) is 1.69. The van der Waals surface area contributed by atoms with Crippen molar-refractivity contribution in [2.24, 2.45) is 0 Å². The van der Waals surface area contributed by atoms with Crippen LogP contribution in [0.4, 0.5) is 5.69 Å². The molecule has 1 aromatic carbocycles. The van der Waals surface area contributed by atoms with Gasteiger partial charge in [0.25, 0.3) is 0 Å². The first-order chi connectivity index (χ1) is 9.97. The van der Waals surface area contributed by atoms with Crippen molar-refractivity contribution in [1.82, 2.24) is 14.7 Å². The number of benzene rings is 1. The van der Waals surface area contributed by atoms with Crippen molar-refractivity contribution in [2.45, 2.75) is 0 Å². The second-order valence-corrected chi connectivity index (χ2v) is 4.71. The van der Waals surface area contributed by atoms with Crippen molar-refractivity contribution in [1.29, 1.82) is 0 Å². The van der Waals surface area contributed by atoms with E-state index in [4.69, 9.17) is 5.73 Å². The molecule has 108 valence electrons. The number of carbonyl (C=O) groups is 1. The summed E-state index contributed by atoms with van der Waals surface area (Å²) in [5, 5.41) is 4.09. The van der Waals surface area contributed by atoms with Gasteiger partial charge in [0.05, 0.1) is 5.69 Å². The number of allylic oxidation sites excluding steroid dienone is 1. The van der Waals surface area contributed by atoms with Crippen molar-refractivity contribution in [3.8, 4) is 5.69 Å². The van der Waals surface area contributed by atoms with Crippen LogP contribution < -0.4 is 11.2 Å². The molecule has 0 aliphatic carbocycles. The van der Waals surface area contributed by atoms with E-state index in [0.717, 1.165) is 0 Å². The topological polar surface area (TPSA) is 81.2 Å². The molecule has 2 aromatic rings. The van der Waals surface area contributed by atoms with Crippen LogP contribution in [0.15, 0.2) is 53.6 Å². The molecule has 0 bridgehead atoms. The Labute approximate surface area is 122 Å². The zero-order valence-electron chi connectivity index (χ0n) is 11.9. The number of anilines is 1. The molecule has 21 heavy (non-hydrogen) atoms. The highest BCUT2D eigenvalue weighted by atomic mass is 16.1. The number of nitrogen functional groups attached to an aromatic ring is 1. The van der Waals surface area contributed by atoms with Crippen molar-refractivity contribution in [3.63, 3.8) is 0 Å². The molecule has 0 saturated heterocycles. The van der Waals surface area contributed by atoms with Crippen molar-refractivity contribution < 1.29 is 4.79 Å². The quantitative estimate of drug-likeness (QED) is 0.516. The molecule has 0 fully saturated rings. The standard InChI is InChI=1S/C15H16N4O2/c1-18(2)8-6-13(20)15-14(21)7-9-19(17-15)12-5-3-4-11(16)10-12/h3-10H,16H2,1-2H3/b8-6+. The number of ketones is 1. The lowest BCUT2D eigenvalue weighted by Crippen LogP contribution is -2.20. The summed E-state index contributed by atoms with van der Waals surface area (Å²) in [6.07, 6.45) is 4.39. The molecule has 0 spiro atoms. The third kappa shape index (κ3) is 3.56. The van der Waals surface area contributed by atoms with E-state index in [1.54, 1.807) is 49.5 Å². The Morgan fingerprint density at radius 1 is 1.33 bits per heavy atom. The van der Waals surface area contributed by atoms with E-state index >= 15 is 0 Å². The van der Waals surface area contributed by atoms with Crippen LogP contribution in [0.1, 0.15) is 10.5 Å². The molecule has 0 saturated carbocycles. The zero-order valence-corrected chi connectivity index (χ0v) is 11.9. The van der Waals surface area contributed by atoms with E-state index in [1.807, 2.05) is 0 Å². The maximum Gasteiger partial charge on any atom is 0.211 e. The Morgan fingerprint density at radius 2 is 2.10 bits per heavy atom. The lowest BCUT2D eigenvalue weighted by Gasteiger charge is -2.07. The maximum atomic E-state index is 12.0. The Morgan fingerprint density at radius 3 is 2.76 bits per heavy atom. The molecule has 2 rings (SSSR count). The van der Waals surface area contributed by atoms with Crippen LogP contribution in [0.3, 0.4) is 0 Å². The predicted molar refractivity (Wildman–Crippen MR) is 81.4 cm³/mol. The molecule has 0 amide bonds. The minimum atomic E-state index is -0.438. The fourth-order valence-corrected chi connectivity index (χ4v) is 1.69. The highest BCUT2D eigenvalue weighted by Crippen LogP contribution is 2.10. The average Bonchev–Trinajstić information content (AvgIpc) is 2.45. The first-order valence-electron chi connectivity index (χ1n) is 6.32. The minimum absolute atomic E-state index is 0.127. The van der Waals surface area contributed by atoms with Gasteiger partial charge in [-0.15, -0.1) is 0 Å². The predicted octanol–water partition coefficient (Wildman–Crippen LogP) is 1.07. The van der Waals surface area contributed by atoms with Crippen molar-refractivity contribution >= 4 is 11.5 Å². The summed E-state index contributed by atoms with van der Waals surface area (Å²) < 4.78 is 1.45. The number of nitrogens with zero attached hydrogens (tertiary/aromatic N) is 3. The molecule has 6 heteroatoms. The van der Waals surface area contributed by atoms with E-state index < -0.39 is 11.2 Å². The molecule has 1 aromatic heterocycles. The summed E-state index contributed by atoms with van der Waals surface area (Å²) in [5.41, 5.74) is 6.44. The van der Waals surface area contributed by atoms with Gasteiger partial charge >= 0.3 is 0 Å². The van der Waals surface area contributed by atoms with Gasteiger partial charge in [0.15, 0.2) is 5.69 Å². The number of aromatic nitrogens is 2. The lowest BCUT2D eigenvalue weighted by molar-refractivity contribution is 0.103. The highest BCUT2D eigenvalue weighted by molar-refractivity contribution is 6.02. The molecule has 2 N–H and O–H groups in total. The molecular formula is C15H16N4O2. The van der Waals surface area contributed by atoms with Gasteiger partial charge in [-0.05, 0) is 18.2 Å². The zero-order chi connectivity index (χ0) is 15.4. The van der Waals surface area contributed by atoms with E-state index in [1.165, 1.54) is 23.0 Å². The smallest absolute Gasteiger partial charge is 0.211 e. The minimum Gasteiger partial charge on any atom is -0.399 e. The SMILES string of the molecule is CN(C)/C=C/C(=O)c1nn(-c2cccc(N)c2)ccc1=O. The molecular weight excluding hydrogens is 268 g/mol. The summed E-state index contributed by atoms with van der Waals surface area (Å²) in [7, 11) is 3.57. The van der Waals surface area contributed by atoms with Gasteiger partial charge in [-0.3, -0.25) is 9.59 Å². The number of carbonyl (C=O) groups excluding carboxylic acids is 1. The molecule has 1 heterocycles. The average molecular weight is 284 g/mol. The van der Waals surface area contributed by atoms with Crippen LogP contribution >= 0.6 is 0 Å². The monoisotopic (exact) mass is 284 g/mol. The fraction of sp³-hybridized carbons (Fsp3) is 0.133. The molecule has 0 radical (unpaired) electrons. The third-order valence-corrected chi connectivity index (χ3v) is 2.70. The molecule has 0 unspecified atom stereocenters. The molecule has 0 aliphatic rings. The second kappa shape index (κ2) is 6.04. The van der Waals surface area contributed by atoms with Crippen LogP contribution in [0.2, 0.25) is 0 Å². The van der Waals surface area contributed by atoms with Crippen LogP contribution in [-0.2, 0) is 0 Å². The largest absolute Gasteiger partial charge is 0.399 e. The Hall–Kier alpha value is -2.89. The van der Waals surface area contributed by atoms with Gasteiger partial charge in [0.1, 0.15) is 0 Å². The van der Waals surface area contributed by atoms with Gasteiger partial charge in [-0.2, -0.15) is 5.10 Å². The highest BCUT2D eigenvalue weighted by Gasteiger charge is 2.10. The lowest BCUT2D eigenvalue weighted by atomic mass is 10.2. The van der Waals surface area contributed by atoms with E-state index in [9.17, 15) is 9.59 Å². The first-order valence-corrected chi connectivity index (χ1v) is 6.32. The van der Waals surface area contributed by atoms with Gasteiger partial charge < -0.3 is 10.6 Å². The second-order valence-electron chi connectivity index (χ2n) is 4.71. The number of hydrogen-bond acceptors (Lipinski definition) is 5. The number of hydrogen-bond donors (Lipinski definition) is 1. The number of rotatable bonds is 4. The van der Waals surface area contributed by atoms with E-state index in [0.29, 0.717) is 11.4 Å². The van der Waals surface area contributed by atoms with Crippen LogP contribution in [0.25, 0.3) is 5.69 Å². The van der Waals surface area contributed by atoms with Crippen molar-refractivity contribution in [2.75, 3.05) is 19.8 Å². The Bertz CT molecular complexity index is 747. The molecule has 0 atom stereocenters. The Kier molecular flexibility index (Phi) is 4.18. The summed E-state index contributed by atoms with van der Waals surface area (Å²) in [5.74, 6) is -0.438. The van der Waals surface area contributed by atoms with Crippen LogP contribution in [0, 0.1) is 0 Å². The first kappa shape index (κ1) is 14.5. The van der Waals surface area contributed by atoms with Gasteiger partial charge in [-0.25, -0.2) is 4.68 Å². The van der Waals surface area contributed by atoms with E-state index in [2.05, 4.69) is 5.10 Å². The maximum absolute atomic E-state index is 12.0. The third-order valence-electron chi connectivity index (χ3n) is 2.70. The van der Waals surface area contributed by atoms with E-state index in [-0.39, 0.29) is 5.69 Å². The normalized spacial score (nSPS) is 10.8. The van der Waals surface area contributed by atoms with Gasteiger partial charge in [-0.1, -0.05) is 6.07 Å². The molecule has 6 nitrogen and oxygen atoms in total. The summed E-state index contributed by atoms with van der Waals surface area (Å²) >= 11 is 0. The van der Waals surface area contributed by atoms with Crippen molar-refractivity contribution in [3.05, 3.63) is 64.7 Å². The summed E-state index contributed by atoms with van der Waals surface area (Å²) in [6.45, 7) is 0. The number of nitrogens with two attached hydrogens (primary N) is 1. The van der Waals surface area contributed by atoms with Crippen LogP contribution in [0.5, 0.6) is 0 Å². The molecule has 0 aliphatic heterocycles. The summed E-state index contributed by atoms with van der Waals surface area (Å²) in [6, 6.07) is 8.34. The summed E-state index contributed by atoms with van der Waals surface area (Å²) in [4.78, 5) is 25.5.